The fourth-order valence-electron chi connectivity index (χ4n) is 5.39. The van der Waals surface area contributed by atoms with E-state index in [1.807, 2.05) is 30.3 Å². The Balaban J connectivity index is 1.46. The smallest absolute Gasteiger partial charge is 0.270 e. The number of hydrogen-bond donors (Lipinski definition) is 0. The first-order valence-corrected chi connectivity index (χ1v) is 13.7. The number of nitro groups is 1. The van der Waals surface area contributed by atoms with Crippen LogP contribution in [0.25, 0.3) is 11.8 Å². The van der Waals surface area contributed by atoms with E-state index in [1.165, 1.54) is 17.2 Å². The summed E-state index contributed by atoms with van der Waals surface area (Å²) in [6.07, 6.45) is 5.13. The molecule has 0 radical (unpaired) electrons. The molecule has 2 aliphatic heterocycles. The zero-order chi connectivity index (χ0) is 26.9. The lowest BCUT2D eigenvalue weighted by molar-refractivity contribution is -0.384. The number of thioether (sulfide) groups is 1. The summed E-state index contributed by atoms with van der Waals surface area (Å²) in [6.45, 7) is 0. The zero-order valence-corrected chi connectivity index (χ0v) is 22.5. The molecule has 0 unspecified atom stereocenters. The van der Waals surface area contributed by atoms with Crippen LogP contribution in [0, 0.1) is 10.1 Å². The molecule has 196 valence electrons. The molecule has 8 heteroatoms. The lowest BCUT2D eigenvalue weighted by Crippen LogP contribution is -2.34. The minimum Gasteiger partial charge on any atom is -0.497 e. The van der Waals surface area contributed by atoms with Crippen molar-refractivity contribution < 1.29 is 14.4 Å². The topological polar surface area (TPSA) is 77.2 Å². The fraction of sp³-hybridized carbons (Fsp3) is 0.194. The van der Waals surface area contributed by atoms with E-state index < -0.39 is 0 Å². The van der Waals surface area contributed by atoms with Gasteiger partial charge in [0.05, 0.1) is 36.6 Å². The average Bonchev–Trinajstić information content (AvgIpc) is 3.40. The predicted octanol–water partition coefficient (Wildman–Crippen LogP) is 7.59. The van der Waals surface area contributed by atoms with Gasteiger partial charge < -0.3 is 14.4 Å². The Morgan fingerprint density at radius 3 is 2.41 bits per heavy atom. The number of nitro benzene ring substituents is 1. The molecule has 6 rings (SSSR count). The van der Waals surface area contributed by atoms with Gasteiger partial charge in [0.2, 0.25) is 0 Å². The summed E-state index contributed by atoms with van der Waals surface area (Å²) < 4.78 is 10.8. The molecule has 0 bridgehead atoms. The lowest BCUT2D eigenvalue weighted by atomic mass is 9.82. The Kier molecular flexibility index (Phi) is 6.70. The molecule has 0 aromatic heterocycles. The number of ether oxygens (including phenoxy) is 2. The number of aliphatic imine (C=N–C) groups is 1. The van der Waals surface area contributed by atoms with E-state index in [2.05, 4.69) is 40.6 Å². The van der Waals surface area contributed by atoms with Gasteiger partial charge in [-0.15, -0.1) is 0 Å². The summed E-state index contributed by atoms with van der Waals surface area (Å²) in [5.41, 5.74) is 7.55. The summed E-state index contributed by atoms with van der Waals surface area (Å²) >= 11 is 1.56. The number of nitrogens with zero attached hydrogens (tertiary/aromatic N) is 3. The van der Waals surface area contributed by atoms with E-state index >= 15 is 0 Å². The van der Waals surface area contributed by atoms with E-state index in [0.29, 0.717) is 0 Å². The quantitative estimate of drug-likeness (QED) is 0.238. The highest BCUT2D eigenvalue weighted by molar-refractivity contribution is 8.16. The Hall–Kier alpha value is -4.30. The van der Waals surface area contributed by atoms with Gasteiger partial charge in [0.1, 0.15) is 11.5 Å². The molecule has 3 aromatic carbocycles. The van der Waals surface area contributed by atoms with Crippen molar-refractivity contribution in [2.45, 2.75) is 25.3 Å². The first-order chi connectivity index (χ1) is 19.1. The van der Waals surface area contributed by atoms with Crippen molar-refractivity contribution in [3.8, 4) is 11.5 Å². The highest BCUT2D eigenvalue weighted by atomic mass is 32.2. The Morgan fingerprint density at radius 2 is 1.72 bits per heavy atom. The minimum absolute atomic E-state index is 0.0732. The van der Waals surface area contributed by atoms with E-state index in [0.717, 1.165) is 64.0 Å². The standard InChI is InChI=1S/C31H27N3O4S/c1-37-25-13-9-20(10-14-25)17-23-6-4-8-27-29(23)32-31-33(30(27)21-11-15-26(38-2)16-12-21)28(19-39-31)22-5-3-7-24(18-22)34(35)36/h3,5,7,9-19,30H,4,6,8H2,1-2H3/b23-17+/t30-/m0/s1. The molecule has 0 fully saturated rings. The summed E-state index contributed by atoms with van der Waals surface area (Å²) in [7, 11) is 3.34. The molecule has 0 saturated heterocycles. The predicted molar refractivity (Wildman–Crippen MR) is 156 cm³/mol. The van der Waals surface area contributed by atoms with Crippen LogP contribution in [0.4, 0.5) is 5.69 Å². The van der Waals surface area contributed by atoms with Gasteiger partial charge in [-0.2, -0.15) is 0 Å². The van der Waals surface area contributed by atoms with E-state index in [9.17, 15) is 10.1 Å². The summed E-state index contributed by atoms with van der Waals surface area (Å²) in [5, 5.41) is 14.4. The van der Waals surface area contributed by atoms with E-state index in [1.54, 1.807) is 38.1 Å². The number of methoxy groups -OCH3 is 2. The zero-order valence-electron chi connectivity index (χ0n) is 21.7. The van der Waals surface area contributed by atoms with Gasteiger partial charge in [0, 0.05) is 23.1 Å². The summed E-state index contributed by atoms with van der Waals surface area (Å²) in [4.78, 5) is 18.6. The molecule has 0 spiro atoms. The SMILES string of the molecule is COc1ccc(/C=C2\CCCC3=C2N=C2SC=C(c4cccc([N+](=O)[O-])c4)N2[C@H]3c2ccc(OC)cc2)cc1. The molecule has 39 heavy (non-hydrogen) atoms. The highest BCUT2D eigenvalue weighted by Gasteiger charge is 2.40. The highest BCUT2D eigenvalue weighted by Crippen LogP contribution is 2.51. The molecule has 3 aliphatic rings. The van der Waals surface area contributed by atoms with Crippen molar-refractivity contribution in [3.05, 3.63) is 122 Å². The van der Waals surface area contributed by atoms with Crippen LogP contribution >= 0.6 is 11.8 Å². The van der Waals surface area contributed by atoms with Crippen LogP contribution in [0.5, 0.6) is 11.5 Å². The number of fused-ring (bicyclic) bond motifs is 1. The summed E-state index contributed by atoms with van der Waals surface area (Å²) in [6, 6.07) is 23.0. The molecule has 1 aliphatic carbocycles. The second-order valence-electron chi connectivity index (χ2n) is 9.54. The third-order valence-electron chi connectivity index (χ3n) is 7.28. The first-order valence-electron chi connectivity index (χ1n) is 12.8. The fourth-order valence-corrected chi connectivity index (χ4v) is 6.32. The van der Waals surface area contributed by atoms with Crippen LogP contribution in [0.2, 0.25) is 0 Å². The molecule has 7 nitrogen and oxygen atoms in total. The molecule has 3 aromatic rings. The molecule has 0 N–H and O–H groups in total. The van der Waals surface area contributed by atoms with E-state index in [4.69, 9.17) is 14.5 Å². The molecule has 2 heterocycles. The second-order valence-corrected chi connectivity index (χ2v) is 10.4. The maximum atomic E-state index is 11.5. The monoisotopic (exact) mass is 537 g/mol. The number of benzene rings is 3. The van der Waals surface area contributed by atoms with Crippen molar-refractivity contribution in [2.24, 2.45) is 4.99 Å². The van der Waals surface area contributed by atoms with Crippen molar-refractivity contribution in [1.29, 1.82) is 0 Å². The minimum atomic E-state index is -0.351. The maximum Gasteiger partial charge on any atom is 0.270 e. The van der Waals surface area contributed by atoms with Crippen LogP contribution in [0.15, 0.2) is 100 Å². The number of allylic oxidation sites excluding steroid dienone is 1. The van der Waals surface area contributed by atoms with Crippen LogP contribution < -0.4 is 9.47 Å². The van der Waals surface area contributed by atoms with Crippen LogP contribution in [0.1, 0.15) is 42.0 Å². The van der Waals surface area contributed by atoms with Crippen LogP contribution in [-0.2, 0) is 0 Å². The third kappa shape index (κ3) is 4.72. The van der Waals surface area contributed by atoms with Gasteiger partial charge in [0.15, 0.2) is 5.17 Å². The largest absolute Gasteiger partial charge is 0.497 e. The van der Waals surface area contributed by atoms with Crippen molar-refractivity contribution in [3.63, 3.8) is 0 Å². The molecular weight excluding hydrogens is 510 g/mol. The van der Waals surface area contributed by atoms with Crippen molar-refractivity contribution >= 4 is 34.4 Å². The van der Waals surface area contributed by atoms with Gasteiger partial charge in [-0.1, -0.05) is 48.2 Å². The molecular formula is C31H27N3O4S. The van der Waals surface area contributed by atoms with Gasteiger partial charge in [-0.25, -0.2) is 4.99 Å². The van der Waals surface area contributed by atoms with Gasteiger partial charge in [-0.3, -0.25) is 10.1 Å². The molecule has 1 atom stereocenters. The van der Waals surface area contributed by atoms with E-state index in [-0.39, 0.29) is 16.7 Å². The van der Waals surface area contributed by atoms with Gasteiger partial charge in [0.25, 0.3) is 5.69 Å². The van der Waals surface area contributed by atoms with Crippen LogP contribution in [0.3, 0.4) is 0 Å². The van der Waals surface area contributed by atoms with Crippen molar-refractivity contribution in [2.75, 3.05) is 14.2 Å². The Bertz CT molecular complexity index is 1560. The first kappa shape index (κ1) is 25.0. The summed E-state index contributed by atoms with van der Waals surface area (Å²) in [5.74, 6) is 1.63. The number of non-ortho nitro benzene ring substituents is 1. The lowest BCUT2D eigenvalue weighted by Gasteiger charge is -2.40. The number of amidine groups is 1. The molecule has 0 saturated carbocycles. The average molecular weight is 538 g/mol. The molecule has 0 amide bonds. The third-order valence-corrected chi connectivity index (χ3v) is 8.12. The number of hydrogen-bond acceptors (Lipinski definition) is 7. The normalized spacial score (nSPS) is 19.3. The second kappa shape index (κ2) is 10.5. The number of rotatable bonds is 6. The Labute approximate surface area is 231 Å². The van der Waals surface area contributed by atoms with Crippen molar-refractivity contribution in [1.82, 2.24) is 4.90 Å². The maximum absolute atomic E-state index is 11.5. The van der Waals surface area contributed by atoms with Crippen LogP contribution in [-0.4, -0.2) is 29.2 Å². The Morgan fingerprint density at radius 1 is 1.00 bits per heavy atom. The van der Waals surface area contributed by atoms with Gasteiger partial charge in [-0.05, 0) is 71.9 Å². The van der Waals surface area contributed by atoms with Gasteiger partial charge >= 0.3 is 0 Å².